The minimum absolute atomic E-state index is 0.0539. The highest BCUT2D eigenvalue weighted by atomic mass is 79.9. The molecule has 0 unspecified atom stereocenters. The molecule has 0 fully saturated rings. The molecule has 1 atom stereocenters. The van der Waals surface area contributed by atoms with E-state index in [0.29, 0.717) is 10.7 Å². The van der Waals surface area contributed by atoms with Crippen LogP contribution in [-0.4, -0.2) is 19.6 Å². The maximum atomic E-state index is 11.5. The number of ether oxygens (including phenoxy) is 1. The Hall–Kier alpha value is -1.56. The van der Waals surface area contributed by atoms with Crippen molar-refractivity contribution in [3.05, 3.63) is 63.1 Å². The molecule has 3 N–H and O–H groups in total. The number of hydrogen-bond donors (Lipinski definition) is 2. The lowest BCUT2D eigenvalue weighted by atomic mass is 9.97. The minimum Gasteiger partial charge on any atom is -0.468 e. The first kappa shape index (κ1) is 16.8. The second kappa shape index (κ2) is 7.63. The van der Waals surface area contributed by atoms with Gasteiger partial charge in [-0.3, -0.25) is 10.1 Å². The van der Waals surface area contributed by atoms with Crippen LogP contribution in [0.4, 0.5) is 5.69 Å². The van der Waals surface area contributed by atoms with Crippen LogP contribution < -0.4 is 11.1 Å². The first-order chi connectivity index (χ1) is 10.5. The predicted molar refractivity (Wildman–Crippen MR) is 91.9 cm³/mol. The molecule has 6 heteroatoms. The van der Waals surface area contributed by atoms with Crippen LogP contribution in [0.5, 0.6) is 0 Å². The van der Waals surface area contributed by atoms with E-state index in [-0.39, 0.29) is 18.6 Å². The molecule has 0 saturated heterocycles. The molecular formula is C16H16BrClN2O2. The molecule has 116 valence electrons. The summed E-state index contributed by atoms with van der Waals surface area (Å²) in [6.45, 7) is 0.0539. The number of carbonyl (C=O) groups excluding carboxylic acids is 1. The Labute approximate surface area is 142 Å². The van der Waals surface area contributed by atoms with Gasteiger partial charge in [0, 0.05) is 15.2 Å². The van der Waals surface area contributed by atoms with E-state index in [4.69, 9.17) is 17.3 Å². The summed E-state index contributed by atoms with van der Waals surface area (Å²) < 4.78 is 5.58. The van der Waals surface area contributed by atoms with Crippen LogP contribution >= 0.6 is 27.5 Å². The highest BCUT2D eigenvalue weighted by Crippen LogP contribution is 2.32. The zero-order valence-electron chi connectivity index (χ0n) is 12.0. The van der Waals surface area contributed by atoms with Crippen LogP contribution in [0.3, 0.4) is 0 Å². The summed E-state index contributed by atoms with van der Waals surface area (Å²) in [7, 11) is 1.35. The first-order valence-electron chi connectivity index (χ1n) is 6.62. The summed E-state index contributed by atoms with van der Waals surface area (Å²) in [5, 5.41) is 3.75. The third kappa shape index (κ3) is 4.00. The molecule has 0 amide bonds. The van der Waals surface area contributed by atoms with Crippen molar-refractivity contribution in [2.24, 2.45) is 0 Å². The van der Waals surface area contributed by atoms with Crippen LogP contribution in [0.2, 0.25) is 5.02 Å². The van der Waals surface area contributed by atoms with Crippen molar-refractivity contribution in [1.82, 2.24) is 5.32 Å². The van der Waals surface area contributed by atoms with Crippen molar-refractivity contribution < 1.29 is 9.53 Å². The van der Waals surface area contributed by atoms with Crippen molar-refractivity contribution in [1.29, 1.82) is 0 Å². The molecule has 0 aliphatic carbocycles. The highest BCUT2D eigenvalue weighted by Gasteiger charge is 2.20. The molecular weight excluding hydrogens is 368 g/mol. The maximum Gasteiger partial charge on any atom is 0.319 e. The Morgan fingerprint density at radius 1 is 1.32 bits per heavy atom. The monoisotopic (exact) mass is 382 g/mol. The number of methoxy groups -OCH3 is 1. The topological polar surface area (TPSA) is 64.3 Å². The quantitative estimate of drug-likeness (QED) is 0.612. The van der Waals surface area contributed by atoms with Crippen molar-refractivity contribution in [3.63, 3.8) is 0 Å². The average Bonchev–Trinajstić information content (AvgIpc) is 2.52. The van der Waals surface area contributed by atoms with Crippen molar-refractivity contribution in [2.75, 3.05) is 19.4 Å². The fraction of sp³-hybridized carbons (Fsp3) is 0.188. The van der Waals surface area contributed by atoms with Crippen LogP contribution in [0.1, 0.15) is 17.2 Å². The Balaban J connectivity index is 2.43. The van der Waals surface area contributed by atoms with Gasteiger partial charge in [-0.2, -0.15) is 0 Å². The predicted octanol–water partition coefficient (Wildman–Crippen LogP) is 3.54. The highest BCUT2D eigenvalue weighted by molar-refractivity contribution is 9.10. The average molecular weight is 384 g/mol. The lowest BCUT2D eigenvalue weighted by Gasteiger charge is -2.22. The largest absolute Gasteiger partial charge is 0.468 e. The smallest absolute Gasteiger partial charge is 0.319 e. The van der Waals surface area contributed by atoms with Crippen molar-refractivity contribution in [3.8, 4) is 0 Å². The molecule has 4 nitrogen and oxygen atoms in total. The Bertz CT molecular complexity index is 679. The zero-order valence-corrected chi connectivity index (χ0v) is 14.3. The zero-order chi connectivity index (χ0) is 16.1. The van der Waals surface area contributed by atoms with E-state index in [1.165, 1.54) is 7.11 Å². The molecule has 2 aromatic rings. The lowest BCUT2D eigenvalue weighted by Crippen LogP contribution is -2.29. The van der Waals surface area contributed by atoms with E-state index in [1.54, 1.807) is 6.07 Å². The summed E-state index contributed by atoms with van der Waals surface area (Å²) in [4.78, 5) is 11.5. The Morgan fingerprint density at radius 2 is 2.05 bits per heavy atom. The normalized spacial score (nSPS) is 12.0. The number of nitrogens with two attached hydrogens (primary N) is 1. The molecule has 0 bridgehead atoms. The van der Waals surface area contributed by atoms with Crippen LogP contribution in [-0.2, 0) is 9.53 Å². The molecule has 0 spiro atoms. The van der Waals surface area contributed by atoms with Gasteiger partial charge in [-0.1, -0.05) is 45.7 Å². The van der Waals surface area contributed by atoms with E-state index in [0.717, 1.165) is 15.6 Å². The summed E-state index contributed by atoms with van der Waals surface area (Å²) in [5.74, 6) is -0.356. The molecule has 0 radical (unpaired) electrons. The summed E-state index contributed by atoms with van der Waals surface area (Å²) in [6, 6.07) is 12.7. The van der Waals surface area contributed by atoms with E-state index in [2.05, 4.69) is 26.0 Å². The molecule has 0 saturated carbocycles. The number of halogens is 2. The lowest BCUT2D eigenvalue weighted by molar-refractivity contribution is -0.139. The third-order valence-electron chi connectivity index (χ3n) is 3.25. The number of rotatable bonds is 5. The SMILES string of the molecule is COC(=O)CN[C@@H](c1cc(Br)ccc1N)c1ccccc1Cl. The van der Waals surface area contributed by atoms with Gasteiger partial charge in [-0.25, -0.2) is 0 Å². The molecule has 22 heavy (non-hydrogen) atoms. The first-order valence-corrected chi connectivity index (χ1v) is 7.79. The van der Waals surface area contributed by atoms with Gasteiger partial charge in [-0.15, -0.1) is 0 Å². The maximum absolute atomic E-state index is 11.5. The molecule has 0 aromatic heterocycles. The fourth-order valence-electron chi connectivity index (χ4n) is 2.15. The number of esters is 1. The minimum atomic E-state index is -0.356. The number of carbonyl (C=O) groups is 1. The molecule has 0 aliphatic rings. The third-order valence-corrected chi connectivity index (χ3v) is 4.09. The summed E-state index contributed by atoms with van der Waals surface area (Å²) >= 11 is 9.74. The number of hydrogen-bond acceptors (Lipinski definition) is 4. The van der Waals surface area contributed by atoms with Crippen LogP contribution in [0.25, 0.3) is 0 Å². The summed E-state index contributed by atoms with van der Waals surface area (Å²) in [5.41, 5.74) is 8.40. The van der Waals surface area contributed by atoms with E-state index in [9.17, 15) is 4.79 Å². The number of nitrogens with one attached hydrogen (secondary N) is 1. The molecule has 0 aliphatic heterocycles. The van der Waals surface area contributed by atoms with Gasteiger partial charge in [0.25, 0.3) is 0 Å². The van der Waals surface area contributed by atoms with E-state index < -0.39 is 0 Å². The van der Waals surface area contributed by atoms with Gasteiger partial charge in [0.15, 0.2) is 0 Å². The van der Waals surface area contributed by atoms with Crippen LogP contribution in [0.15, 0.2) is 46.9 Å². The number of anilines is 1. The number of nitrogen functional groups attached to an aromatic ring is 1. The Kier molecular flexibility index (Phi) is 5.83. The van der Waals surface area contributed by atoms with Gasteiger partial charge >= 0.3 is 5.97 Å². The van der Waals surface area contributed by atoms with Gasteiger partial charge < -0.3 is 10.5 Å². The second-order valence-electron chi connectivity index (χ2n) is 4.68. The van der Waals surface area contributed by atoms with Crippen molar-refractivity contribution >= 4 is 39.2 Å². The van der Waals surface area contributed by atoms with Gasteiger partial charge in [-0.05, 0) is 35.4 Å². The second-order valence-corrected chi connectivity index (χ2v) is 6.01. The molecule has 2 aromatic carbocycles. The molecule has 2 rings (SSSR count). The van der Waals surface area contributed by atoms with E-state index in [1.807, 2.05) is 36.4 Å². The van der Waals surface area contributed by atoms with Gasteiger partial charge in [0.1, 0.15) is 0 Å². The number of benzene rings is 2. The van der Waals surface area contributed by atoms with Crippen molar-refractivity contribution in [2.45, 2.75) is 6.04 Å². The van der Waals surface area contributed by atoms with Gasteiger partial charge in [0.05, 0.1) is 19.7 Å². The van der Waals surface area contributed by atoms with Gasteiger partial charge in [0.2, 0.25) is 0 Å². The van der Waals surface area contributed by atoms with E-state index >= 15 is 0 Å². The fourth-order valence-corrected chi connectivity index (χ4v) is 2.77. The standard InChI is InChI=1S/C16H16BrClN2O2/c1-22-15(21)9-20-16(11-4-2-3-5-13(11)18)12-8-10(17)6-7-14(12)19/h2-8,16,20H,9,19H2,1H3/t16-/m1/s1. The summed E-state index contributed by atoms with van der Waals surface area (Å²) in [6.07, 6.45) is 0. The molecule has 0 heterocycles. The van der Waals surface area contributed by atoms with Crippen LogP contribution in [0, 0.1) is 0 Å². The Morgan fingerprint density at radius 3 is 2.73 bits per heavy atom.